The van der Waals surface area contributed by atoms with Crippen LogP contribution in [0.3, 0.4) is 0 Å². The average Bonchev–Trinajstić information content (AvgIpc) is 2.97. The lowest BCUT2D eigenvalue weighted by atomic mass is 9.96. The van der Waals surface area contributed by atoms with Crippen molar-refractivity contribution in [2.75, 3.05) is 34.3 Å². The summed E-state index contributed by atoms with van der Waals surface area (Å²) in [5.41, 5.74) is 0.706. The van der Waals surface area contributed by atoms with Gasteiger partial charge in [0.2, 0.25) is 0 Å². The fourth-order valence-corrected chi connectivity index (χ4v) is 3.59. The minimum atomic E-state index is -0.210. The van der Waals surface area contributed by atoms with Gasteiger partial charge in [0.15, 0.2) is 0 Å². The molecule has 1 aromatic heterocycles. The van der Waals surface area contributed by atoms with Crippen LogP contribution in [0.1, 0.15) is 36.0 Å². The molecule has 6 nitrogen and oxygen atoms in total. The lowest BCUT2D eigenvalue weighted by Crippen LogP contribution is -2.35. The molecule has 1 aliphatic rings. The predicted octanol–water partition coefficient (Wildman–Crippen LogP) is 2.40. The van der Waals surface area contributed by atoms with Gasteiger partial charge in [0.05, 0.1) is 13.7 Å². The second kappa shape index (κ2) is 8.14. The van der Waals surface area contributed by atoms with Crippen molar-refractivity contribution in [3.8, 4) is 5.75 Å². The maximum atomic E-state index is 14.3. The molecule has 2 aromatic rings. The molecule has 2 heterocycles. The number of hydrogen-bond donors (Lipinski definition) is 0. The summed E-state index contributed by atoms with van der Waals surface area (Å²) < 4.78 is 21.5. The van der Waals surface area contributed by atoms with Crippen molar-refractivity contribution >= 4 is 0 Å². The number of ether oxygens (including phenoxy) is 1. The van der Waals surface area contributed by atoms with E-state index in [1.54, 1.807) is 7.11 Å². The third kappa shape index (κ3) is 4.22. The summed E-state index contributed by atoms with van der Waals surface area (Å²) in [6, 6.07) is 5.08. The van der Waals surface area contributed by atoms with Crippen LogP contribution < -0.4 is 4.74 Å². The van der Waals surface area contributed by atoms with Gasteiger partial charge in [0.25, 0.3) is 0 Å². The van der Waals surface area contributed by atoms with Crippen molar-refractivity contribution in [3.05, 3.63) is 41.2 Å². The standard InChI is InChI=1S/C19H28FN5O/c1-23(2)13-18-21-22-19(24(18)3)15-6-5-9-25(12-15)11-14-7-8-16(26-4)10-17(14)20/h7-8,10,15H,5-6,9,11-13H2,1-4H3. The summed E-state index contributed by atoms with van der Waals surface area (Å²) in [5, 5.41) is 8.80. The highest BCUT2D eigenvalue weighted by Gasteiger charge is 2.26. The SMILES string of the molecule is COc1ccc(CN2CCCC(c3nnc(CN(C)C)n3C)C2)c(F)c1. The van der Waals surface area contributed by atoms with Gasteiger partial charge in [-0.05, 0) is 39.5 Å². The molecule has 26 heavy (non-hydrogen) atoms. The monoisotopic (exact) mass is 361 g/mol. The molecule has 0 spiro atoms. The van der Waals surface area contributed by atoms with Crippen molar-refractivity contribution in [3.63, 3.8) is 0 Å². The molecule has 142 valence electrons. The van der Waals surface area contributed by atoms with E-state index in [4.69, 9.17) is 4.74 Å². The molecular formula is C19H28FN5O. The van der Waals surface area contributed by atoms with Crippen LogP contribution in [0.15, 0.2) is 18.2 Å². The topological polar surface area (TPSA) is 46.4 Å². The van der Waals surface area contributed by atoms with Gasteiger partial charge >= 0.3 is 0 Å². The number of rotatable bonds is 6. The first kappa shape index (κ1) is 18.8. The zero-order valence-electron chi connectivity index (χ0n) is 16.1. The Hall–Kier alpha value is -1.99. The number of methoxy groups -OCH3 is 1. The normalized spacial score (nSPS) is 18.5. The maximum Gasteiger partial charge on any atom is 0.146 e. The number of likely N-dealkylation sites (tertiary alicyclic amines) is 1. The summed E-state index contributed by atoms with van der Waals surface area (Å²) in [6.45, 7) is 3.23. The third-order valence-corrected chi connectivity index (χ3v) is 4.98. The van der Waals surface area contributed by atoms with Gasteiger partial charge in [-0.25, -0.2) is 4.39 Å². The molecule has 0 saturated carbocycles. The van der Waals surface area contributed by atoms with Crippen LogP contribution in [0.4, 0.5) is 4.39 Å². The van der Waals surface area contributed by atoms with Gasteiger partial charge in [-0.3, -0.25) is 4.90 Å². The van der Waals surface area contributed by atoms with Crippen molar-refractivity contribution in [1.82, 2.24) is 24.6 Å². The van der Waals surface area contributed by atoms with Crippen molar-refractivity contribution in [2.24, 2.45) is 7.05 Å². The molecule has 0 radical (unpaired) electrons. The summed E-state index contributed by atoms with van der Waals surface area (Å²) in [4.78, 5) is 4.40. The van der Waals surface area contributed by atoms with Crippen LogP contribution in [-0.2, 0) is 20.1 Å². The number of hydrogen-bond acceptors (Lipinski definition) is 5. The largest absolute Gasteiger partial charge is 0.497 e. The molecule has 1 atom stereocenters. The van der Waals surface area contributed by atoms with Crippen LogP contribution in [0, 0.1) is 5.82 Å². The third-order valence-electron chi connectivity index (χ3n) is 4.98. The van der Waals surface area contributed by atoms with Gasteiger partial charge in [0, 0.05) is 37.7 Å². The molecule has 1 saturated heterocycles. The van der Waals surface area contributed by atoms with E-state index in [1.165, 1.54) is 6.07 Å². The van der Waals surface area contributed by atoms with Crippen LogP contribution >= 0.6 is 0 Å². The van der Waals surface area contributed by atoms with Crippen molar-refractivity contribution < 1.29 is 9.13 Å². The Kier molecular flexibility index (Phi) is 5.88. The highest BCUT2D eigenvalue weighted by molar-refractivity contribution is 5.29. The van der Waals surface area contributed by atoms with Crippen LogP contribution in [0.5, 0.6) is 5.75 Å². The quantitative estimate of drug-likeness (QED) is 0.791. The Morgan fingerprint density at radius 3 is 2.81 bits per heavy atom. The minimum Gasteiger partial charge on any atom is -0.497 e. The van der Waals surface area contributed by atoms with Crippen molar-refractivity contribution in [2.45, 2.75) is 31.8 Å². The minimum absolute atomic E-state index is 0.210. The van der Waals surface area contributed by atoms with Gasteiger partial charge in [0.1, 0.15) is 23.2 Å². The van der Waals surface area contributed by atoms with Gasteiger partial charge in [-0.2, -0.15) is 0 Å². The molecule has 0 N–H and O–H groups in total. The Morgan fingerprint density at radius 1 is 1.31 bits per heavy atom. The van der Waals surface area contributed by atoms with Gasteiger partial charge in [-0.1, -0.05) is 6.07 Å². The van der Waals surface area contributed by atoms with Crippen LogP contribution in [0.25, 0.3) is 0 Å². The number of halogens is 1. The van der Waals surface area contributed by atoms with E-state index in [9.17, 15) is 4.39 Å². The molecule has 7 heteroatoms. The predicted molar refractivity (Wildman–Crippen MR) is 98.6 cm³/mol. The Bertz CT molecular complexity index is 746. The van der Waals surface area contributed by atoms with E-state index in [2.05, 4.69) is 24.6 Å². The Balaban J connectivity index is 1.69. The van der Waals surface area contributed by atoms with E-state index in [0.29, 0.717) is 23.8 Å². The lowest BCUT2D eigenvalue weighted by Gasteiger charge is -2.32. The number of aromatic nitrogens is 3. The van der Waals surface area contributed by atoms with E-state index in [0.717, 1.165) is 44.1 Å². The zero-order chi connectivity index (χ0) is 18.7. The fourth-order valence-electron chi connectivity index (χ4n) is 3.59. The van der Waals surface area contributed by atoms with E-state index in [1.807, 2.05) is 33.3 Å². The fraction of sp³-hybridized carbons (Fsp3) is 0.579. The van der Waals surface area contributed by atoms with Gasteiger partial charge in [-0.15, -0.1) is 10.2 Å². The summed E-state index contributed by atoms with van der Waals surface area (Å²) in [7, 11) is 7.64. The first-order chi connectivity index (χ1) is 12.5. The molecular weight excluding hydrogens is 333 g/mol. The molecule has 0 aliphatic carbocycles. The molecule has 1 fully saturated rings. The summed E-state index contributed by atoms with van der Waals surface area (Å²) in [6.07, 6.45) is 2.17. The molecule has 0 bridgehead atoms. The second-order valence-corrected chi connectivity index (χ2v) is 7.30. The van der Waals surface area contributed by atoms with Crippen LogP contribution in [-0.4, -0.2) is 58.9 Å². The maximum absolute atomic E-state index is 14.3. The number of nitrogens with zero attached hydrogens (tertiary/aromatic N) is 5. The van der Waals surface area contributed by atoms with Gasteiger partial charge < -0.3 is 14.2 Å². The highest BCUT2D eigenvalue weighted by atomic mass is 19.1. The number of benzene rings is 1. The second-order valence-electron chi connectivity index (χ2n) is 7.30. The Morgan fingerprint density at radius 2 is 2.12 bits per heavy atom. The van der Waals surface area contributed by atoms with E-state index >= 15 is 0 Å². The summed E-state index contributed by atoms with van der Waals surface area (Å²) in [5.74, 6) is 2.68. The highest BCUT2D eigenvalue weighted by Crippen LogP contribution is 2.27. The first-order valence-electron chi connectivity index (χ1n) is 9.05. The smallest absolute Gasteiger partial charge is 0.146 e. The molecule has 3 rings (SSSR count). The number of piperidine rings is 1. The molecule has 1 aromatic carbocycles. The average molecular weight is 361 g/mol. The first-order valence-corrected chi connectivity index (χ1v) is 9.05. The van der Waals surface area contributed by atoms with Crippen molar-refractivity contribution in [1.29, 1.82) is 0 Å². The lowest BCUT2D eigenvalue weighted by molar-refractivity contribution is 0.192. The zero-order valence-corrected chi connectivity index (χ0v) is 16.1. The molecule has 0 amide bonds. The summed E-state index contributed by atoms with van der Waals surface area (Å²) >= 11 is 0. The van der Waals surface area contributed by atoms with E-state index < -0.39 is 0 Å². The molecule has 1 unspecified atom stereocenters. The molecule has 1 aliphatic heterocycles. The Labute approximate surface area is 154 Å². The van der Waals surface area contributed by atoms with Crippen LogP contribution in [0.2, 0.25) is 0 Å². The van der Waals surface area contributed by atoms with E-state index in [-0.39, 0.29) is 5.82 Å².